The van der Waals surface area contributed by atoms with E-state index in [0.29, 0.717) is 5.92 Å². The number of methoxy groups -OCH3 is 1. The van der Waals surface area contributed by atoms with Gasteiger partial charge in [-0.15, -0.1) is 0 Å². The predicted octanol–water partition coefficient (Wildman–Crippen LogP) is 1.73. The molecule has 2 atom stereocenters. The van der Waals surface area contributed by atoms with Crippen molar-refractivity contribution in [1.82, 2.24) is 4.90 Å². The average Bonchev–Trinajstić information content (AvgIpc) is 2.08. The third-order valence-corrected chi connectivity index (χ3v) is 2.77. The first kappa shape index (κ1) is 9.36. The van der Waals surface area contributed by atoms with Crippen LogP contribution in [0.2, 0.25) is 0 Å². The lowest BCUT2D eigenvalue weighted by atomic mass is 9.89. The number of hydrogen-bond donors (Lipinski definition) is 0. The zero-order valence-electron chi connectivity index (χ0n) is 8.04. The van der Waals surface area contributed by atoms with Crippen molar-refractivity contribution in [3.05, 3.63) is 0 Å². The zero-order chi connectivity index (χ0) is 9.14. The third-order valence-electron chi connectivity index (χ3n) is 2.77. The molecule has 0 aliphatic carbocycles. The monoisotopic (exact) mass is 171 g/mol. The van der Waals surface area contributed by atoms with Gasteiger partial charge in [-0.25, -0.2) is 4.79 Å². The van der Waals surface area contributed by atoms with Crippen LogP contribution in [0.1, 0.15) is 20.3 Å². The van der Waals surface area contributed by atoms with Crippen molar-refractivity contribution in [3.8, 4) is 0 Å². The lowest BCUT2D eigenvalue weighted by molar-refractivity contribution is 0.0905. The minimum Gasteiger partial charge on any atom is -0.453 e. The second kappa shape index (κ2) is 3.78. The normalized spacial score (nSPS) is 30.1. The van der Waals surface area contributed by atoms with Crippen LogP contribution >= 0.6 is 0 Å². The summed E-state index contributed by atoms with van der Waals surface area (Å²) < 4.78 is 4.66. The molecule has 3 nitrogen and oxygen atoms in total. The van der Waals surface area contributed by atoms with Crippen molar-refractivity contribution in [3.63, 3.8) is 0 Å². The van der Waals surface area contributed by atoms with Crippen molar-refractivity contribution in [2.75, 3.05) is 20.2 Å². The van der Waals surface area contributed by atoms with Gasteiger partial charge < -0.3 is 9.64 Å². The number of hydrogen-bond acceptors (Lipinski definition) is 2. The molecule has 1 saturated heterocycles. The van der Waals surface area contributed by atoms with Crippen LogP contribution in [0.15, 0.2) is 0 Å². The summed E-state index contributed by atoms with van der Waals surface area (Å²) in [6, 6.07) is 0. The van der Waals surface area contributed by atoms with Gasteiger partial charge in [0.2, 0.25) is 0 Å². The summed E-state index contributed by atoms with van der Waals surface area (Å²) in [6.45, 7) is 6.10. The van der Waals surface area contributed by atoms with Gasteiger partial charge in [0.05, 0.1) is 7.11 Å². The van der Waals surface area contributed by atoms with Gasteiger partial charge in [0.25, 0.3) is 0 Å². The van der Waals surface area contributed by atoms with E-state index >= 15 is 0 Å². The Balaban J connectivity index is 2.45. The average molecular weight is 171 g/mol. The maximum Gasteiger partial charge on any atom is 0.409 e. The van der Waals surface area contributed by atoms with Gasteiger partial charge >= 0.3 is 6.09 Å². The summed E-state index contributed by atoms with van der Waals surface area (Å²) >= 11 is 0. The fraction of sp³-hybridized carbons (Fsp3) is 0.889. The fourth-order valence-corrected chi connectivity index (χ4v) is 1.56. The molecule has 1 rings (SSSR count). The molecule has 0 unspecified atom stereocenters. The number of piperidine rings is 1. The third kappa shape index (κ3) is 1.90. The van der Waals surface area contributed by atoms with Crippen LogP contribution in [0.4, 0.5) is 4.79 Å². The van der Waals surface area contributed by atoms with Crippen LogP contribution in [0.5, 0.6) is 0 Å². The van der Waals surface area contributed by atoms with Crippen molar-refractivity contribution < 1.29 is 9.53 Å². The van der Waals surface area contributed by atoms with Crippen molar-refractivity contribution in [2.45, 2.75) is 20.3 Å². The van der Waals surface area contributed by atoms with Crippen LogP contribution in [0.25, 0.3) is 0 Å². The molecule has 0 spiro atoms. The highest BCUT2D eigenvalue weighted by Crippen LogP contribution is 2.22. The highest BCUT2D eigenvalue weighted by atomic mass is 16.5. The molecule has 1 aliphatic heterocycles. The Kier molecular flexibility index (Phi) is 2.95. The van der Waals surface area contributed by atoms with E-state index in [0.717, 1.165) is 25.4 Å². The summed E-state index contributed by atoms with van der Waals surface area (Å²) in [5, 5.41) is 0. The molecule has 0 aromatic carbocycles. The van der Waals surface area contributed by atoms with E-state index in [-0.39, 0.29) is 6.09 Å². The minimum atomic E-state index is -0.186. The number of amides is 1. The second-order valence-corrected chi connectivity index (χ2v) is 3.66. The van der Waals surface area contributed by atoms with Gasteiger partial charge in [0.1, 0.15) is 0 Å². The summed E-state index contributed by atoms with van der Waals surface area (Å²) in [5.74, 6) is 1.32. The minimum absolute atomic E-state index is 0.186. The van der Waals surface area contributed by atoms with Crippen LogP contribution in [0.3, 0.4) is 0 Å². The molecule has 1 fully saturated rings. The Labute approximate surface area is 73.7 Å². The summed E-state index contributed by atoms with van der Waals surface area (Å²) in [4.78, 5) is 12.9. The highest BCUT2D eigenvalue weighted by Gasteiger charge is 2.25. The topological polar surface area (TPSA) is 29.5 Å². The Hall–Kier alpha value is -0.730. The number of rotatable bonds is 0. The molecule has 12 heavy (non-hydrogen) atoms. The Bertz CT molecular complexity index is 170. The van der Waals surface area contributed by atoms with Gasteiger partial charge in [0.15, 0.2) is 0 Å². The van der Waals surface area contributed by atoms with Crippen molar-refractivity contribution in [1.29, 1.82) is 0 Å². The molecule has 1 aliphatic rings. The second-order valence-electron chi connectivity index (χ2n) is 3.66. The first-order valence-corrected chi connectivity index (χ1v) is 4.48. The van der Waals surface area contributed by atoms with E-state index in [1.54, 1.807) is 4.90 Å². The SMILES string of the molecule is COC(=O)N1CC[C@@H](C)[C@H](C)C1. The maximum atomic E-state index is 11.1. The molecular weight excluding hydrogens is 154 g/mol. The van der Waals surface area contributed by atoms with Crippen LogP contribution in [-0.4, -0.2) is 31.2 Å². The van der Waals surface area contributed by atoms with Crippen LogP contribution < -0.4 is 0 Å². The number of nitrogens with zero attached hydrogens (tertiary/aromatic N) is 1. The summed E-state index contributed by atoms with van der Waals surface area (Å²) in [5.41, 5.74) is 0. The largest absolute Gasteiger partial charge is 0.453 e. The van der Waals surface area contributed by atoms with E-state index in [9.17, 15) is 4.79 Å². The van der Waals surface area contributed by atoms with E-state index < -0.39 is 0 Å². The van der Waals surface area contributed by atoms with Gasteiger partial charge in [-0.1, -0.05) is 13.8 Å². The van der Waals surface area contributed by atoms with Crippen LogP contribution in [0, 0.1) is 11.8 Å². The van der Waals surface area contributed by atoms with Gasteiger partial charge in [-0.3, -0.25) is 0 Å². The molecule has 0 saturated carbocycles. The first-order chi connectivity index (χ1) is 5.65. The van der Waals surface area contributed by atoms with E-state index in [4.69, 9.17) is 0 Å². The molecule has 0 radical (unpaired) electrons. The number of ether oxygens (including phenoxy) is 1. The Morgan fingerprint density at radius 2 is 2.08 bits per heavy atom. The molecule has 3 heteroatoms. The highest BCUT2D eigenvalue weighted by molar-refractivity contribution is 5.67. The molecule has 1 amide bonds. The molecule has 1 heterocycles. The zero-order valence-corrected chi connectivity index (χ0v) is 8.04. The van der Waals surface area contributed by atoms with Crippen LogP contribution in [-0.2, 0) is 4.74 Å². The fourth-order valence-electron chi connectivity index (χ4n) is 1.56. The molecule has 0 bridgehead atoms. The van der Waals surface area contributed by atoms with Crippen molar-refractivity contribution >= 4 is 6.09 Å². The van der Waals surface area contributed by atoms with Gasteiger partial charge in [-0.2, -0.15) is 0 Å². The Morgan fingerprint density at radius 3 is 2.58 bits per heavy atom. The van der Waals surface area contributed by atoms with Gasteiger partial charge in [0, 0.05) is 13.1 Å². The smallest absolute Gasteiger partial charge is 0.409 e. The van der Waals surface area contributed by atoms with E-state index in [1.165, 1.54) is 7.11 Å². The van der Waals surface area contributed by atoms with E-state index in [2.05, 4.69) is 18.6 Å². The lowest BCUT2D eigenvalue weighted by Crippen LogP contribution is -2.42. The predicted molar refractivity (Wildman–Crippen MR) is 46.9 cm³/mol. The number of likely N-dealkylation sites (tertiary alicyclic amines) is 1. The maximum absolute atomic E-state index is 11.1. The molecule has 0 aromatic rings. The van der Waals surface area contributed by atoms with Gasteiger partial charge in [-0.05, 0) is 18.3 Å². The first-order valence-electron chi connectivity index (χ1n) is 4.48. The molecule has 0 aromatic heterocycles. The number of carbonyl (C=O) groups excluding carboxylic acids is 1. The van der Waals surface area contributed by atoms with E-state index in [1.807, 2.05) is 0 Å². The summed E-state index contributed by atoms with van der Waals surface area (Å²) in [7, 11) is 1.44. The molecule has 0 N–H and O–H groups in total. The molecule has 70 valence electrons. The standard InChI is InChI=1S/C9H17NO2/c1-7-4-5-10(6-8(7)2)9(11)12-3/h7-8H,4-6H2,1-3H3/t7-,8-/m1/s1. The lowest BCUT2D eigenvalue weighted by Gasteiger charge is -2.34. The number of carbonyl (C=O) groups is 1. The van der Waals surface area contributed by atoms with Crippen molar-refractivity contribution in [2.24, 2.45) is 11.8 Å². The summed E-state index contributed by atoms with van der Waals surface area (Å²) in [6.07, 6.45) is 0.907. The molecular formula is C9H17NO2. The quantitative estimate of drug-likeness (QED) is 0.555. The Morgan fingerprint density at radius 1 is 1.42 bits per heavy atom.